The van der Waals surface area contributed by atoms with Gasteiger partial charge in [-0.2, -0.15) is 0 Å². The minimum atomic E-state index is 0. The fourth-order valence-corrected chi connectivity index (χ4v) is 2.04. The number of hydrogen-bond acceptors (Lipinski definition) is 1. The number of benzene rings is 1. The zero-order valence-electron chi connectivity index (χ0n) is 12.5. The van der Waals surface area contributed by atoms with Crippen LogP contribution in [0, 0.1) is 0 Å². The molecule has 1 heterocycles. The molecule has 0 saturated carbocycles. The number of nitrogens with zero attached hydrogens (tertiary/aromatic N) is 2. The molecule has 2 N–H and O–H groups in total. The number of aryl methyl sites for hydroxylation is 1. The molecule has 1 aromatic heterocycles. The van der Waals surface area contributed by atoms with Crippen molar-refractivity contribution in [2.45, 2.75) is 13.0 Å². The molecule has 0 saturated heterocycles. The average Bonchev–Trinajstić information content (AvgIpc) is 2.89. The summed E-state index contributed by atoms with van der Waals surface area (Å²) in [4.78, 5) is 4.23. The molecule has 0 fully saturated rings. The molecule has 5 heteroatoms. The highest BCUT2D eigenvalue weighted by Gasteiger charge is 1.99. The van der Waals surface area contributed by atoms with Crippen molar-refractivity contribution in [3.63, 3.8) is 0 Å². The van der Waals surface area contributed by atoms with Crippen molar-refractivity contribution in [2.75, 3.05) is 13.6 Å². The van der Waals surface area contributed by atoms with Crippen molar-refractivity contribution >= 4 is 29.9 Å². The zero-order chi connectivity index (χ0) is 14.2. The first-order chi connectivity index (χ1) is 9.78. The predicted molar refractivity (Wildman–Crippen MR) is 99.2 cm³/mol. The number of nitrogens with one attached hydrogen (secondary N) is 2. The first kappa shape index (κ1) is 17.6. The van der Waals surface area contributed by atoms with E-state index in [9.17, 15) is 0 Å². The van der Waals surface area contributed by atoms with Crippen molar-refractivity contribution < 1.29 is 0 Å². The lowest BCUT2D eigenvalue weighted by Gasteiger charge is -2.11. The van der Waals surface area contributed by atoms with Crippen molar-refractivity contribution in [3.8, 4) is 0 Å². The van der Waals surface area contributed by atoms with Gasteiger partial charge in [0, 0.05) is 39.6 Å². The van der Waals surface area contributed by atoms with E-state index in [1.165, 1.54) is 11.1 Å². The lowest BCUT2D eigenvalue weighted by atomic mass is 10.1. The average molecular weight is 398 g/mol. The molecule has 0 aliphatic carbocycles. The summed E-state index contributed by atoms with van der Waals surface area (Å²) >= 11 is 0. The second-order valence-electron chi connectivity index (χ2n) is 4.77. The van der Waals surface area contributed by atoms with Crippen LogP contribution >= 0.6 is 24.0 Å². The summed E-state index contributed by atoms with van der Waals surface area (Å²) in [6.07, 6.45) is 5.14. The van der Waals surface area contributed by atoms with Gasteiger partial charge in [-0.1, -0.05) is 30.3 Å². The lowest BCUT2D eigenvalue weighted by molar-refractivity contribution is 0.792. The summed E-state index contributed by atoms with van der Waals surface area (Å²) in [7, 11) is 3.82. The molecule has 4 nitrogen and oxygen atoms in total. The minimum absolute atomic E-state index is 0. The van der Waals surface area contributed by atoms with Crippen LogP contribution in [0.3, 0.4) is 0 Å². The Morgan fingerprint density at radius 2 is 1.86 bits per heavy atom. The van der Waals surface area contributed by atoms with Gasteiger partial charge in [0.2, 0.25) is 0 Å². The summed E-state index contributed by atoms with van der Waals surface area (Å²) < 4.78 is 2.04. The molecule has 0 bridgehead atoms. The highest BCUT2D eigenvalue weighted by Crippen LogP contribution is 1.99. The summed E-state index contributed by atoms with van der Waals surface area (Å²) in [6, 6.07) is 12.6. The molecule has 2 rings (SSSR count). The van der Waals surface area contributed by atoms with Crippen LogP contribution in [0.5, 0.6) is 0 Å². The largest absolute Gasteiger partial charge is 0.357 e. The van der Waals surface area contributed by atoms with Crippen LogP contribution in [-0.2, 0) is 20.0 Å². The van der Waals surface area contributed by atoms with Gasteiger partial charge in [-0.15, -0.1) is 24.0 Å². The SMILES string of the molecule is CN=C(NCCc1ccccc1)NCc1ccn(C)c1.I. The molecule has 0 spiro atoms. The molecule has 21 heavy (non-hydrogen) atoms. The molecule has 0 amide bonds. The first-order valence-corrected chi connectivity index (χ1v) is 6.87. The van der Waals surface area contributed by atoms with E-state index in [1.807, 2.05) is 23.9 Å². The topological polar surface area (TPSA) is 41.4 Å². The quantitative estimate of drug-likeness (QED) is 0.462. The maximum absolute atomic E-state index is 4.23. The molecule has 0 unspecified atom stereocenters. The third-order valence-corrected chi connectivity index (χ3v) is 3.13. The maximum atomic E-state index is 4.23. The summed E-state index contributed by atoms with van der Waals surface area (Å²) in [5, 5.41) is 6.64. The van der Waals surface area contributed by atoms with Crippen LogP contribution in [0.2, 0.25) is 0 Å². The minimum Gasteiger partial charge on any atom is -0.357 e. The number of guanidine groups is 1. The molecular weight excluding hydrogens is 375 g/mol. The van der Waals surface area contributed by atoms with Gasteiger partial charge in [-0.05, 0) is 23.6 Å². The van der Waals surface area contributed by atoms with E-state index >= 15 is 0 Å². The third-order valence-electron chi connectivity index (χ3n) is 3.13. The number of hydrogen-bond donors (Lipinski definition) is 2. The van der Waals surface area contributed by atoms with Gasteiger partial charge >= 0.3 is 0 Å². The highest BCUT2D eigenvalue weighted by molar-refractivity contribution is 14.0. The summed E-state index contributed by atoms with van der Waals surface area (Å²) in [5.41, 5.74) is 2.58. The Morgan fingerprint density at radius 1 is 1.10 bits per heavy atom. The zero-order valence-corrected chi connectivity index (χ0v) is 14.9. The fourth-order valence-electron chi connectivity index (χ4n) is 2.04. The van der Waals surface area contributed by atoms with E-state index in [0.29, 0.717) is 0 Å². The van der Waals surface area contributed by atoms with Crippen molar-refractivity contribution in [1.29, 1.82) is 0 Å². The molecule has 1 aromatic carbocycles. The van der Waals surface area contributed by atoms with Crippen molar-refractivity contribution in [1.82, 2.24) is 15.2 Å². The highest BCUT2D eigenvalue weighted by atomic mass is 127. The Labute approximate surface area is 143 Å². The van der Waals surface area contributed by atoms with E-state index in [0.717, 1.165) is 25.5 Å². The predicted octanol–water partition coefficient (Wildman–Crippen LogP) is 2.55. The van der Waals surface area contributed by atoms with Crippen LogP contribution in [0.4, 0.5) is 0 Å². The fraction of sp³-hybridized carbons (Fsp3) is 0.312. The second-order valence-corrected chi connectivity index (χ2v) is 4.77. The van der Waals surface area contributed by atoms with Gasteiger partial charge in [0.25, 0.3) is 0 Å². The van der Waals surface area contributed by atoms with Gasteiger partial charge in [0.05, 0.1) is 0 Å². The van der Waals surface area contributed by atoms with Crippen LogP contribution in [-0.4, -0.2) is 24.1 Å². The molecule has 0 aliphatic heterocycles. The van der Waals surface area contributed by atoms with Crippen LogP contribution in [0.1, 0.15) is 11.1 Å². The molecule has 2 aromatic rings. The van der Waals surface area contributed by atoms with E-state index in [-0.39, 0.29) is 24.0 Å². The molecule has 0 aliphatic rings. The number of aromatic nitrogens is 1. The number of aliphatic imine (C=N–C) groups is 1. The normalized spacial score (nSPS) is 10.9. The van der Waals surface area contributed by atoms with Crippen LogP contribution in [0.15, 0.2) is 53.8 Å². The Bertz CT molecular complexity index is 548. The Morgan fingerprint density at radius 3 is 2.48 bits per heavy atom. The van der Waals surface area contributed by atoms with Gasteiger partial charge in [-0.25, -0.2) is 0 Å². The smallest absolute Gasteiger partial charge is 0.191 e. The Hall–Kier alpha value is -1.50. The van der Waals surface area contributed by atoms with E-state index in [1.54, 1.807) is 7.05 Å². The molecule has 114 valence electrons. The standard InChI is InChI=1S/C16H22N4.HI/c1-17-16(19-12-15-9-11-20(2)13-15)18-10-8-14-6-4-3-5-7-14;/h3-7,9,11,13H,8,10,12H2,1-2H3,(H2,17,18,19);1H. The Balaban J connectivity index is 0.00000220. The van der Waals surface area contributed by atoms with Crippen molar-refractivity contribution in [3.05, 3.63) is 59.9 Å². The third kappa shape index (κ3) is 6.20. The van der Waals surface area contributed by atoms with Crippen LogP contribution in [0.25, 0.3) is 0 Å². The van der Waals surface area contributed by atoms with Crippen LogP contribution < -0.4 is 10.6 Å². The number of rotatable bonds is 5. The lowest BCUT2D eigenvalue weighted by Crippen LogP contribution is -2.37. The van der Waals surface area contributed by atoms with Gasteiger partial charge in [0.15, 0.2) is 5.96 Å². The molecular formula is C16H23IN4. The second kappa shape index (κ2) is 9.44. The Kier molecular flexibility index (Phi) is 7.89. The first-order valence-electron chi connectivity index (χ1n) is 6.87. The maximum Gasteiger partial charge on any atom is 0.191 e. The van der Waals surface area contributed by atoms with Gasteiger partial charge in [-0.3, -0.25) is 4.99 Å². The molecule has 0 radical (unpaired) electrons. The monoisotopic (exact) mass is 398 g/mol. The van der Waals surface area contributed by atoms with Crippen molar-refractivity contribution in [2.24, 2.45) is 12.0 Å². The number of halogens is 1. The molecule has 0 atom stereocenters. The van der Waals surface area contributed by atoms with Gasteiger partial charge in [0.1, 0.15) is 0 Å². The van der Waals surface area contributed by atoms with E-state index in [2.05, 4.69) is 52.2 Å². The van der Waals surface area contributed by atoms with E-state index < -0.39 is 0 Å². The van der Waals surface area contributed by atoms with E-state index in [4.69, 9.17) is 0 Å². The summed E-state index contributed by atoms with van der Waals surface area (Å²) in [5.74, 6) is 0.838. The summed E-state index contributed by atoms with van der Waals surface area (Å²) in [6.45, 7) is 1.66. The van der Waals surface area contributed by atoms with Gasteiger partial charge < -0.3 is 15.2 Å².